The van der Waals surface area contributed by atoms with Crippen molar-refractivity contribution in [1.29, 1.82) is 0 Å². The van der Waals surface area contributed by atoms with Crippen LogP contribution in [-0.2, 0) is 9.53 Å². The van der Waals surface area contributed by atoms with Gasteiger partial charge in [0.15, 0.2) is 5.82 Å². The molecule has 8 nitrogen and oxygen atoms in total. The van der Waals surface area contributed by atoms with Gasteiger partial charge in [-0.05, 0) is 17.7 Å². The minimum absolute atomic E-state index is 0.0982. The smallest absolute Gasteiger partial charge is 0.241 e. The molecule has 0 aliphatic carbocycles. The fourth-order valence-electron chi connectivity index (χ4n) is 3.11. The van der Waals surface area contributed by atoms with Crippen LogP contribution in [-0.4, -0.2) is 78.7 Å². The van der Waals surface area contributed by atoms with Crippen LogP contribution in [0.4, 0.5) is 11.5 Å². The highest BCUT2D eigenvalue weighted by Gasteiger charge is 2.23. The third kappa shape index (κ3) is 3.19. The van der Waals surface area contributed by atoms with Crippen LogP contribution >= 0.6 is 11.6 Å². The second-order valence-corrected chi connectivity index (χ2v) is 6.55. The third-order valence-electron chi connectivity index (χ3n) is 4.61. The number of pyridine rings is 1. The number of nitrogens with zero attached hydrogens (tertiary/aromatic N) is 6. The molecule has 2 fully saturated rings. The molecule has 4 rings (SSSR count). The van der Waals surface area contributed by atoms with Crippen molar-refractivity contribution in [3.8, 4) is 0 Å². The van der Waals surface area contributed by atoms with Crippen molar-refractivity contribution < 1.29 is 9.53 Å². The van der Waals surface area contributed by atoms with E-state index < -0.39 is 0 Å². The first kappa shape index (κ1) is 16.3. The van der Waals surface area contributed by atoms with Gasteiger partial charge in [0.1, 0.15) is 5.52 Å². The Morgan fingerprint density at radius 3 is 2.68 bits per heavy atom. The van der Waals surface area contributed by atoms with Crippen molar-refractivity contribution in [1.82, 2.24) is 19.9 Å². The molecule has 9 heteroatoms. The van der Waals surface area contributed by atoms with Crippen LogP contribution < -0.4 is 9.80 Å². The zero-order valence-electron chi connectivity index (χ0n) is 14.0. The molecular formula is C16H19ClN6O2. The zero-order valence-corrected chi connectivity index (χ0v) is 14.7. The number of carbonyl (C=O) groups is 1. The quantitative estimate of drug-likeness (QED) is 0.731. The van der Waals surface area contributed by atoms with Crippen LogP contribution in [0.15, 0.2) is 12.3 Å². The van der Waals surface area contributed by atoms with E-state index in [1.165, 1.54) is 0 Å². The fraction of sp³-hybridized carbons (Fsp3) is 0.500. The molecule has 0 bridgehead atoms. The molecule has 25 heavy (non-hydrogen) atoms. The van der Waals surface area contributed by atoms with Gasteiger partial charge in [-0.1, -0.05) is 0 Å². The van der Waals surface area contributed by atoms with Gasteiger partial charge in [0.05, 0.1) is 37.2 Å². The SMILES string of the molecule is CN1CCN(c2cnc3c(N4CCOCC4)nc(Cl)nc3c2)CC1=O. The molecule has 0 aromatic carbocycles. The van der Waals surface area contributed by atoms with Crippen LogP contribution in [0.5, 0.6) is 0 Å². The lowest BCUT2D eigenvalue weighted by atomic mass is 10.2. The molecule has 0 atom stereocenters. The van der Waals surface area contributed by atoms with Crippen LogP contribution in [0.2, 0.25) is 5.28 Å². The van der Waals surface area contributed by atoms with E-state index in [4.69, 9.17) is 16.3 Å². The van der Waals surface area contributed by atoms with Crippen molar-refractivity contribution >= 4 is 40.0 Å². The molecule has 0 radical (unpaired) electrons. The van der Waals surface area contributed by atoms with Crippen molar-refractivity contribution in [3.63, 3.8) is 0 Å². The second-order valence-electron chi connectivity index (χ2n) is 6.21. The first-order chi connectivity index (χ1) is 12.1. The number of ether oxygens (including phenoxy) is 1. The van der Waals surface area contributed by atoms with E-state index in [9.17, 15) is 4.79 Å². The normalized spacial score (nSPS) is 19.0. The lowest BCUT2D eigenvalue weighted by molar-refractivity contribution is -0.129. The summed E-state index contributed by atoms with van der Waals surface area (Å²) in [6.07, 6.45) is 1.78. The van der Waals surface area contributed by atoms with Crippen LogP contribution in [0, 0.1) is 0 Å². The van der Waals surface area contributed by atoms with E-state index in [0.717, 1.165) is 36.7 Å². The Balaban J connectivity index is 1.70. The number of hydrogen-bond acceptors (Lipinski definition) is 7. The number of anilines is 2. The summed E-state index contributed by atoms with van der Waals surface area (Å²) in [6, 6.07) is 1.93. The number of piperazine rings is 1. The van der Waals surface area contributed by atoms with E-state index in [0.29, 0.717) is 31.8 Å². The van der Waals surface area contributed by atoms with Gasteiger partial charge in [-0.3, -0.25) is 4.79 Å². The number of morpholine rings is 1. The van der Waals surface area contributed by atoms with E-state index in [1.807, 2.05) is 18.0 Å². The molecular weight excluding hydrogens is 344 g/mol. The molecule has 132 valence electrons. The Hall–Kier alpha value is -2.19. The van der Waals surface area contributed by atoms with Gasteiger partial charge in [0.25, 0.3) is 0 Å². The standard InChI is InChI=1S/C16H19ClN6O2/c1-21-2-3-23(10-13(21)24)11-8-12-14(18-9-11)15(20-16(17)19-12)22-4-6-25-7-5-22/h8-9H,2-7,10H2,1H3. The number of carbonyl (C=O) groups excluding carboxylic acids is 1. The fourth-order valence-corrected chi connectivity index (χ4v) is 3.28. The van der Waals surface area contributed by atoms with E-state index in [1.54, 1.807) is 11.1 Å². The highest BCUT2D eigenvalue weighted by molar-refractivity contribution is 6.28. The number of aromatic nitrogens is 3. The second kappa shape index (κ2) is 6.61. The van der Waals surface area contributed by atoms with Gasteiger partial charge >= 0.3 is 0 Å². The van der Waals surface area contributed by atoms with Crippen LogP contribution in [0.3, 0.4) is 0 Å². The van der Waals surface area contributed by atoms with Crippen molar-refractivity contribution in [2.24, 2.45) is 0 Å². The van der Waals surface area contributed by atoms with E-state index in [-0.39, 0.29) is 11.2 Å². The Morgan fingerprint density at radius 1 is 1.12 bits per heavy atom. The number of rotatable bonds is 2. The Kier molecular flexibility index (Phi) is 4.30. The molecule has 4 heterocycles. The van der Waals surface area contributed by atoms with Crippen LogP contribution in [0.25, 0.3) is 11.0 Å². The molecule has 0 spiro atoms. The summed E-state index contributed by atoms with van der Waals surface area (Å²) in [4.78, 5) is 31.1. The van der Waals surface area contributed by atoms with Gasteiger partial charge in [0.2, 0.25) is 11.2 Å². The number of amides is 1. The zero-order chi connectivity index (χ0) is 17.4. The van der Waals surface area contributed by atoms with Gasteiger partial charge in [0, 0.05) is 33.2 Å². The monoisotopic (exact) mass is 362 g/mol. The largest absolute Gasteiger partial charge is 0.378 e. The molecule has 2 aromatic rings. The minimum Gasteiger partial charge on any atom is -0.378 e. The van der Waals surface area contributed by atoms with E-state index in [2.05, 4.69) is 19.9 Å². The van der Waals surface area contributed by atoms with Gasteiger partial charge < -0.3 is 19.4 Å². The van der Waals surface area contributed by atoms with Crippen LogP contribution in [0.1, 0.15) is 0 Å². The molecule has 1 amide bonds. The number of halogens is 1. The summed E-state index contributed by atoms with van der Waals surface area (Å²) >= 11 is 6.14. The molecule has 0 unspecified atom stereocenters. The van der Waals surface area contributed by atoms with Gasteiger partial charge in [-0.2, -0.15) is 4.98 Å². The molecule has 2 aromatic heterocycles. The topological polar surface area (TPSA) is 74.7 Å². The molecule has 2 saturated heterocycles. The molecule has 0 N–H and O–H groups in total. The summed E-state index contributed by atoms with van der Waals surface area (Å²) < 4.78 is 5.40. The van der Waals surface area contributed by atoms with Crippen molar-refractivity contribution in [2.75, 3.05) is 62.8 Å². The number of likely N-dealkylation sites (N-methyl/N-ethyl adjacent to an activating group) is 1. The molecule has 0 saturated carbocycles. The van der Waals surface area contributed by atoms with Gasteiger partial charge in [-0.15, -0.1) is 0 Å². The molecule has 2 aliphatic heterocycles. The first-order valence-electron chi connectivity index (χ1n) is 8.27. The Morgan fingerprint density at radius 2 is 1.92 bits per heavy atom. The average Bonchev–Trinajstić information content (AvgIpc) is 2.63. The summed E-state index contributed by atoms with van der Waals surface area (Å²) in [7, 11) is 1.82. The number of fused-ring (bicyclic) bond motifs is 1. The average molecular weight is 363 g/mol. The summed E-state index contributed by atoms with van der Waals surface area (Å²) in [5.41, 5.74) is 2.28. The van der Waals surface area contributed by atoms with Crippen molar-refractivity contribution in [3.05, 3.63) is 17.5 Å². The number of hydrogen-bond donors (Lipinski definition) is 0. The predicted octanol–water partition coefficient (Wildman–Crippen LogP) is 0.793. The lowest BCUT2D eigenvalue weighted by Gasteiger charge is -2.33. The summed E-state index contributed by atoms with van der Waals surface area (Å²) in [5, 5.41) is 0.197. The minimum atomic E-state index is 0.0982. The lowest BCUT2D eigenvalue weighted by Crippen LogP contribution is -2.48. The van der Waals surface area contributed by atoms with Gasteiger partial charge in [-0.25, -0.2) is 9.97 Å². The molecule has 2 aliphatic rings. The highest BCUT2D eigenvalue weighted by Crippen LogP contribution is 2.27. The predicted molar refractivity (Wildman–Crippen MR) is 95.2 cm³/mol. The Bertz CT molecular complexity index is 811. The summed E-state index contributed by atoms with van der Waals surface area (Å²) in [5.74, 6) is 0.834. The summed E-state index contributed by atoms with van der Waals surface area (Å²) in [6.45, 7) is 4.62. The third-order valence-corrected chi connectivity index (χ3v) is 4.78. The highest BCUT2D eigenvalue weighted by atomic mass is 35.5. The van der Waals surface area contributed by atoms with E-state index >= 15 is 0 Å². The maximum absolute atomic E-state index is 12.0. The maximum Gasteiger partial charge on any atom is 0.241 e. The van der Waals surface area contributed by atoms with Crippen molar-refractivity contribution in [2.45, 2.75) is 0 Å². The Labute approximate surface area is 150 Å². The maximum atomic E-state index is 12.0. The first-order valence-corrected chi connectivity index (χ1v) is 8.64.